The number of nitrogens with one attached hydrogen (secondary N) is 1. The molecule has 0 saturated heterocycles. The van der Waals surface area contributed by atoms with Crippen LogP contribution in [-0.4, -0.2) is 16.6 Å². The predicted molar refractivity (Wildman–Crippen MR) is 85.3 cm³/mol. The molecule has 5 heteroatoms. The first-order valence-electron chi connectivity index (χ1n) is 6.78. The van der Waals surface area contributed by atoms with E-state index in [0.29, 0.717) is 11.4 Å². The van der Waals surface area contributed by atoms with Crippen molar-refractivity contribution in [3.63, 3.8) is 0 Å². The Labute approximate surface area is 132 Å². The van der Waals surface area contributed by atoms with Crippen molar-refractivity contribution in [2.75, 3.05) is 5.32 Å². The SMILES string of the molecule is Cc1cccc(NC2=C(Cl)C(=O)c3nc(C)ccc3C2=O)c1. The molecule has 0 spiro atoms. The number of anilines is 1. The fraction of sp³-hybridized carbons (Fsp3) is 0.118. The second-order valence-corrected chi connectivity index (χ2v) is 5.57. The van der Waals surface area contributed by atoms with E-state index in [1.807, 2.05) is 31.2 Å². The molecule has 110 valence electrons. The van der Waals surface area contributed by atoms with Crippen LogP contribution in [0.5, 0.6) is 0 Å². The number of benzene rings is 1. The van der Waals surface area contributed by atoms with Crippen LogP contribution in [0.15, 0.2) is 47.1 Å². The largest absolute Gasteiger partial charge is 0.351 e. The van der Waals surface area contributed by atoms with Crippen LogP contribution in [0.2, 0.25) is 0 Å². The van der Waals surface area contributed by atoms with Crippen LogP contribution in [0.25, 0.3) is 0 Å². The topological polar surface area (TPSA) is 59.1 Å². The van der Waals surface area contributed by atoms with E-state index in [1.165, 1.54) is 0 Å². The van der Waals surface area contributed by atoms with Crippen LogP contribution in [0.1, 0.15) is 32.1 Å². The zero-order valence-corrected chi connectivity index (χ0v) is 12.9. The molecule has 3 rings (SSSR count). The van der Waals surface area contributed by atoms with E-state index in [1.54, 1.807) is 19.1 Å². The highest BCUT2D eigenvalue weighted by molar-refractivity contribution is 6.50. The number of rotatable bonds is 2. The smallest absolute Gasteiger partial charge is 0.225 e. The Kier molecular flexibility index (Phi) is 3.54. The van der Waals surface area contributed by atoms with Crippen molar-refractivity contribution < 1.29 is 9.59 Å². The van der Waals surface area contributed by atoms with Crippen LogP contribution in [0, 0.1) is 13.8 Å². The first-order valence-corrected chi connectivity index (χ1v) is 7.15. The molecule has 1 aromatic carbocycles. The normalized spacial score (nSPS) is 14.1. The minimum absolute atomic E-state index is 0.0930. The second-order valence-electron chi connectivity index (χ2n) is 5.19. The lowest BCUT2D eigenvalue weighted by molar-refractivity contribution is 0.0978. The average molecular weight is 313 g/mol. The quantitative estimate of drug-likeness (QED) is 0.919. The summed E-state index contributed by atoms with van der Waals surface area (Å²) in [4.78, 5) is 29.0. The number of pyridine rings is 1. The number of halogens is 1. The highest BCUT2D eigenvalue weighted by Crippen LogP contribution is 2.28. The number of ketones is 2. The monoisotopic (exact) mass is 312 g/mol. The van der Waals surface area contributed by atoms with E-state index in [2.05, 4.69) is 10.3 Å². The van der Waals surface area contributed by atoms with Gasteiger partial charge in [-0.1, -0.05) is 23.7 Å². The first kappa shape index (κ1) is 14.5. The molecule has 0 saturated carbocycles. The molecule has 1 heterocycles. The van der Waals surface area contributed by atoms with Gasteiger partial charge in [0.1, 0.15) is 16.4 Å². The van der Waals surface area contributed by atoms with Gasteiger partial charge in [-0.2, -0.15) is 0 Å². The van der Waals surface area contributed by atoms with Gasteiger partial charge < -0.3 is 5.32 Å². The molecular formula is C17H13ClN2O2. The molecule has 0 amide bonds. The van der Waals surface area contributed by atoms with Crippen LogP contribution in [0.3, 0.4) is 0 Å². The maximum Gasteiger partial charge on any atom is 0.225 e. The second kappa shape index (κ2) is 5.39. The number of aromatic nitrogens is 1. The van der Waals surface area contributed by atoms with E-state index in [9.17, 15) is 9.59 Å². The summed E-state index contributed by atoms with van der Waals surface area (Å²) in [6.45, 7) is 3.70. The molecule has 2 aromatic rings. The lowest BCUT2D eigenvalue weighted by Crippen LogP contribution is -2.25. The van der Waals surface area contributed by atoms with Crippen molar-refractivity contribution >= 4 is 28.9 Å². The van der Waals surface area contributed by atoms with Crippen molar-refractivity contribution in [2.24, 2.45) is 0 Å². The number of hydrogen-bond donors (Lipinski definition) is 1. The molecular weight excluding hydrogens is 300 g/mol. The molecule has 0 radical (unpaired) electrons. The number of nitrogens with zero attached hydrogens (tertiary/aromatic N) is 1. The minimum Gasteiger partial charge on any atom is -0.351 e. The van der Waals surface area contributed by atoms with E-state index in [4.69, 9.17) is 11.6 Å². The van der Waals surface area contributed by atoms with Crippen LogP contribution >= 0.6 is 11.6 Å². The van der Waals surface area contributed by atoms with E-state index in [0.717, 1.165) is 5.56 Å². The summed E-state index contributed by atoms with van der Waals surface area (Å²) < 4.78 is 0. The Bertz CT molecular complexity index is 840. The number of allylic oxidation sites excluding steroid dienone is 2. The standard InChI is InChI=1S/C17H13ClN2O2/c1-9-4-3-5-11(8-9)20-15-13(18)17(22)14-12(16(15)21)7-6-10(2)19-14/h3-8,20H,1-2H3. The predicted octanol–water partition coefficient (Wildman–Crippen LogP) is 3.64. The molecule has 0 unspecified atom stereocenters. The van der Waals surface area contributed by atoms with Crippen molar-refractivity contribution in [3.05, 3.63) is 69.6 Å². The van der Waals surface area contributed by atoms with Gasteiger partial charge in [-0.15, -0.1) is 0 Å². The van der Waals surface area contributed by atoms with Gasteiger partial charge in [0.05, 0.1) is 5.56 Å². The van der Waals surface area contributed by atoms with Gasteiger partial charge in [0.15, 0.2) is 0 Å². The average Bonchev–Trinajstić information content (AvgIpc) is 2.49. The third kappa shape index (κ3) is 2.42. The van der Waals surface area contributed by atoms with Crippen LogP contribution in [-0.2, 0) is 0 Å². The Balaban J connectivity index is 2.05. The van der Waals surface area contributed by atoms with Crippen molar-refractivity contribution in [3.8, 4) is 0 Å². The van der Waals surface area contributed by atoms with E-state index in [-0.39, 0.29) is 27.8 Å². The zero-order valence-electron chi connectivity index (χ0n) is 12.1. The summed E-state index contributed by atoms with van der Waals surface area (Å²) >= 11 is 6.10. The summed E-state index contributed by atoms with van der Waals surface area (Å²) in [5, 5.41) is 2.83. The molecule has 1 N–H and O–H groups in total. The van der Waals surface area contributed by atoms with Crippen molar-refractivity contribution in [2.45, 2.75) is 13.8 Å². The number of fused-ring (bicyclic) bond motifs is 1. The van der Waals surface area contributed by atoms with Gasteiger partial charge >= 0.3 is 0 Å². The van der Waals surface area contributed by atoms with Crippen LogP contribution in [0.4, 0.5) is 5.69 Å². The minimum atomic E-state index is -0.435. The van der Waals surface area contributed by atoms with Gasteiger partial charge in [0, 0.05) is 11.4 Å². The molecule has 0 aliphatic heterocycles. The number of carbonyl (C=O) groups excluding carboxylic acids is 2. The Morgan fingerprint density at radius 2 is 1.82 bits per heavy atom. The van der Waals surface area contributed by atoms with Gasteiger partial charge in [0.2, 0.25) is 11.6 Å². The third-order valence-corrected chi connectivity index (χ3v) is 3.79. The number of hydrogen-bond acceptors (Lipinski definition) is 4. The highest BCUT2D eigenvalue weighted by Gasteiger charge is 2.32. The highest BCUT2D eigenvalue weighted by atomic mass is 35.5. The van der Waals surface area contributed by atoms with Gasteiger partial charge in [-0.05, 0) is 43.7 Å². The summed E-state index contributed by atoms with van der Waals surface area (Å²) in [6.07, 6.45) is 0. The van der Waals surface area contributed by atoms with Gasteiger partial charge in [0.25, 0.3) is 0 Å². The molecule has 4 nitrogen and oxygen atoms in total. The number of Topliss-reactive ketones (excluding diaryl/α,β-unsaturated/α-hetero) is 2. The lowest BCUT2D eigenvalue weighted by Gasteiger charge is -2.18. The maximum atomic E-state index is 12.6. The molecule has 1 aromatic heterocycles. The molecule has 0 atom stereocenters. The summed E-state index contributed by atoms with van der Waals surface area (Å²) in [7, 11) is 0. The summed E-state index contributed by atoms with van der Waals surface area (Å²) in [6, 6.07) is 10.8. The molecule has 0 fully saturated rings. The van der Waals surface area contributed by atoms with E-state index < -0.39 is 5.78 Å². The van der Waals surface area contributed by atoms with E-state index >= 15 is 0 Å². The Hall–Kier alpha value is -2.46. The van der Waals surface area contributed by atoms with Gasteiger partial charge in [-0.3, -0.25) is 9.59 Å². The lowest BCUT2D eigenvalue weighted by atomic mass is 9.96. The summed E-state index contributed by atoms with van der Waals surface area (Å²) in [5.74, 6) is -0.760. The number of carbonyl (C=O) groups is 2. The Morgan fingerprint density at radius 3 is 2.55 bits per heavy atom. The Morgan fingerprint density at radius 1 is 1.05 bits per heavy atom. The maximum absolute atomic E-state index is 12.6. The van der Waals surface area contributed by atoms with Crippen LogP contribution < -0.4 is 5.32 Å². The van der Waals surface area contributed by atoms with Gasteiger partial charge in [-0.25, -0.2) is 4.98 Å². The summed E-state index contributed by atoms with van der Waals surface area (Å²) in [5.41, 5.74) is 2.89. The zero-order chi connectivity index (χ0) is 15.9. The fourth-order valence-electron chi connectivity index (χ4n) is 2.34. The molecule has 1 aliphatic carbocycles. The molecule has 0 bridgehead atoms. The third-order valence-electron chi connectivity index (χ3n) is 3.43. The number of aryl methyl sites for hydroxylation is 2. The molecule has 22 heavy (non-hydrogen) atoms. The molecule has 1 aliphatic rings. The van der Waals surface area contributed by atoms with Crippen molar-refractivity contribution in [1.82, 2.24) is 4.98 Å². The van der Waals surface area contributed by atoms with Crippen molar-refractivity contribution in [1.29, 1.82) is 0 Å². The fourth-order valence-corrected chi connectivity index (χ4v) is 2.57. The first-order chi connectivity index (χ1) is 10.5.